The van der Waals surface area contributed by atoms with Crippen LogP contribution in [0.2, 0.25) is 0 Å². The number of hydrogen-bond acceptors (Lipinski definition) is 3. The lowest BCUT2D eigenvalue weighted by molar-refractivity contribution is 0.205. The van der Waals surface area contributed by atoms with Crippen molar-refractivity contribution >= 4 is 5.69 Å². The number of nitrogens with two attached hydrogens (primary N) is 1. The van der Waals surface area contributed by atoms with Gasteiger partial charge in [0.15, 0.2) is 0 Å². The molecule has 1 rings (SSSR count). The van der Waals surface area contributed by atoms with E-state index in [1.54, 1.807) is 7.11 Å². The van der Waals surface area contributed by atoms with E-state index in [9.17, 15) is 0 Å². The second kappa shape index (κ2) is 7.26. The summed E-state index contributed by atoms with van der Waals surface area (Å²) >= 11 is 0. The molecule has 0 aromatic heterocycles. The van der Waals surface area contributed by atoms with Crippen molar-refractivity contribution in [3.63, 3.8) is 0 Å². The Bertz CT molecular complexity index is 243. The van der Waals surface area contributed by atoms with Crippen LogP contribution in [-0.4, -0.2) is 33.4 Å². The molecule has 0 amide bonds. The average molecular weight is 208 g/mol. The fourth-order valence-corrected chi connectivity index (χ4v) is 1.49. The van der Waals surface area contributed by atoms with E-state index in [0.717, 1.165) is 32.7 Å². The van der Waals surface area contributed by atoms with E-state index in [1.165, 1.54) is 5.69 Å². The molecule has 2 N–H and O–H groups in total. The van der Waals surface area contributed by atoms with Gasteiger partial charge in [0.05, 0.1) is 6.61 Å². The van der Waals surface area contributed by atoms with E-state index in [2.05, 4.69) is 29.2 Å². The van der Waals surface area contributed by atoms with Crippen LogP contribution in [-0.2, 0) is 4.74 Å². The van der Waals surface area contributed by atoms with E-state index in [0.29, 0.717) is 0 Å². The second-order valence-corrected chi connectivity index (χ2v) is 3.46. The monoisotopic (exact) mass is 208 g/mol. The molecule has 0 saturated carbocycles. The molecule has 0 heterocycles. The number of methoxy groups -OCH3 is 1. The number of nitrogens with zero attached hydrogens (tertiary/aromatic N) is 1. The highest BCUT2D eigenvalue weighted by Crippen LogP contribution is 2.12. The van der Waals surface area contributed by atoms with E-state index in [4.69, 9.17) is 10.5 Å². The van der Waals surface area contributed by atoms with Crippen LogP contribution in [0.1, 0.15) is 6.42 Å². The normalized spacial score (nSPS) is 10.3. The molecular weight excluding hydrogens is 188 g/mol. The van der Waals surface area contributed by atoms with Crippen LogP contribution in [0, 0.1) is 0 Å². The molecule has 0 atom stereocenters. The molecule has 0 saturated heterocycles. The molecule has 0 spiro atoms. The number of ether oxygens (including phenoxy) is 1. The van der Waals surface area contributed by atoms with Crippen molar-refractivity contribution in [1.82, 2.24) is 0 Å². The van der Waals surface area contributed by atoms with Crippen LogP contribution in [0.4, 0.5) is 5.69 Å². The summed E-state index contributed by atoms with van der Waals surface area (Å²) in [6.07, 6.45) is 1.01. The molecule has 0 aliphatic rings. The third kappa shape index (κ3) is 4.32. The van der Waals surface area contributed by atoms with Gasteiger partial charge in [-0.15, -0.1) is 0 Å². The third-order valence-corrected chi connectivity index (χ3v) is 2.32. The third-order valence-electron chi connectivity index (χ3n) is 2.32. The molecule has 0 unspecified atom stereocenters. The molecule has 0 bridgehead atoms. The van der Waals surface area contributed by atoms with E-state index >= 15 is 0 Å². The van der Waals surface area contributed by atoms with Crippen LogP contribution in [0.15, 0.2) is 30.3 Å². The molecule has 1 aromatic rings. The lowest BCUT2D eigenvalue weighted by Crippen LogP contribution is -2.29. The van der Waals surface area contributed by atoms with E-state index in [1.807, 2.05) is 6.07 Å². The van der Waals surface area contributed by atoms with Crippen molar-refractivity contribution in [3.8, 4) is 0 Å². The standard InChI is InChI=1S/C12H20N2O/c1-15-11-10-14(9-5-8-13)12-6-3-2-4-7-12/h2-4,6-7H,5,8-11,13H2,1H3. The minimum absolute atomic E-state index is 0.732. The molecule has 0 fully saturated rings. The van der Waals surface area contributed by atoms with Gasteiger partial charge in [0, 0.05) is 25.9 Å². The van der Waals surface area contributed by atoms with Gasteiger partial charge in [-0.25, -0.2) is 0 Å². The highest BCUT2D eigenvalue weighted by Gasteiger charge is 2.04. The van der Waals surface area contributed by atoms with Crippen molar-refractivity contribution in [3.05, 3.63) is 30.3 Å². The molecule has 1 aromatic carbocycles. The Morgan fingerprint density at radius 1 is 1.20 bits per heavy atom. The molecule has 0 aliphatic carbocycles. The van der Waals surface area contributed by atoms with Crippen molar-refractivity contribution in [2.45, 2.75) is 6.42 Å². The van der Waals surface area contributed by atoms with Crippen molar-refractivity contribution in [2.24, 2.45) is 5.73 Å². The van der Waals surface area contributed by atoms with E-state index in [-0.39, 0.29) is 0 Å². The van der Waals surface area contributed by atoms with Gasteiger partial charge < -0.3 is 15.4 Å². The fraction of sp³-hybridized carbons (Fsp3) is 0.500. The minimum Gasteiger partial charge on any atom is -0.383 e. The predicted octanol–water partition coefficient (Wildman–Crippen LogP) is 1.49. The first kappa shape index (κ1) is 12.0. The molecular formula is C12H20N2O. The first-order valence-corrected chi connectivity index (χ1v) is 5.37. The number of benzene rings is 1. The Hall–Kier alpha value is -1.06. The van der Waals surface area contributed by atoms with Crippen LogP contribution in [0.25, 0.3) is 0 Å². The summed E-state index contributed by atoms with van der Waals surface area (Å²) in [5.41, 5.74) is 6.76. The SMILES string of the molecule is COCCN(CCCN)c1ccccc1. The first-order chi connectivity index (χ1) is 7.38. The van der Waals surface area contributed by atoms with Crippen LogP contribution < -0.4 is 10.6 Å². The summed E-state index contributed by atoms with van der Waals surface area (Å²) in [7, 11) is 1.73. The van der Waals surface area contributed by atoms with Crippen molar-refractivity contribution < 1.29 is 4.74 Å². The number of anilines is 1. The van der Waals surface area contributed by atoms with Gasteiger partial charge in [-0.05, 0) is 25.1 Å². The second-order valence-electron chi connectivity index (χ2n) is 3.46. The smallest absolute Gasteiger partial charge is 0.0637 e. The Kier molecular flexibility index (Phi) is 5.81. The zero-order valence-electron chi connectivity index (χ0n) is 9.36. The number of hydrogen-bond donors (Lipinski definition) is 1. The molecule has 0 aliphatic heterocycles. The summed E-state index contributed by atoms with van der Waals surface area (Å²) < 4.78 is 5.10. The van der Waals surface area contributed by atoms with Gasteiger partial charge in [0.2, 0.25) is 0 Å². The predicted molar refractivity (Wildman–Crippen MR) is 64.2 cm³/mol. The Labute approximate surface area is 91.8 Å². The molecule has 0 radical (unpaired) electrons. The largest absolute Gasteiger partial charge is 0.383 e. The van der Waals surface area contributed by atoms with Gasteiger partial charge in [0.1, 0.15) is 0 Å². The molecule has 15 heavy (non-hydrogen) atoms. The zero-order valence-corrected chi connectivity index (χ0v) is 9.36. The Morgan fingerprint density at radius 3 is 2.53 bits per heavy atom. The topological polar surface area (TPSA) is 38.5 Å². The fourth-order valence-electron chi connectivity index (χ4n) is 1.49. The van der Waals surface area contributed by atoms with Crippen LogP contribution in [0.5, 0.6) is 0 Å². The van der Waals surface area contributed by atoms with Gasteiger partial charge in [0.25, 0.3) is 0 Å². The maximum absolute atomic E-state index is 5.53. The van der Waals surface area contributed by atoms with Gasteiger partial charge in [-0.3, -0.25) is 0 Å². The first-order valence-electron chi connectivity index (χ1n) is 5.37. The zero-order chi connectivity index (χ0) is 10.9. The van der Waals surface area contributed by atoms with Crippen molar-refractivity contribution in [1.29, 1.82) is 0 Å². The minimum atomic E-state index is 0.732. The summed E-state index contributed by atoms with van der Waals surface area (Å²) in [4.78, 5) is 2.30. The lowest BCUT2D eigenvalue weighted by Gasteiger charge is -2.24. The highest BCUT2D eigenvalue weighted by atomic mass is 16.5. The Balaban J connectivity index is 2.55. The summed E-state index contributed by atoms with van der Waals surface area (Å²) in [5.74, 6) is 0. The summed E-state index contributed by atoms with van der Waals surface area (Å²) in [6, 6.07) is 10.4. The maximum atomic E-state index is 5.53. The molecule has 3 heteroatoms. The average Bonchev–Trinajstić information content (AvgIpc) is 2.30. The van der Waals surface area contributed by atoms with Crippen LogP contribution in [0.3, 0.4) is 0 Å². The van der Waals surface area contributed by atoms with Gasteiger partial charge in [-0.2, -0.15) is 0 Å². The Morgan fingerprint density at radius 2 is 1.93 bits per heavy atom. The number of para-hydroxylation sites is 1. The van der Waals surface area contributed by atoms with E-state index < -0.39 is 0 Å². The number of rotatable bonds is 7. The van der Waals surface area contributed by atoms with Crippen molar-refractivity contribution in [2.75, 3.05) is 38.3 Å². The van der Waals surface area contributed by atoms with Gasteiger partial charge >= 0.3 is 0 Å². The quantitative estimate of drug-likeness (QED) is 0.737. The van der Waals surface area contributed by atoms with Gasteiger partial charge in [-0.1, -0.05) is 18.2 Å². The van der Waals surface area contributed by atoms with Crippen LogP contribution >= 0.6 is 0 Å². The lowest BCUT2D eigenvalue weighted by atomic mass is 10.2. The summed E-state index contributed by atoms with van der Waals surface area (Å²) in [6.45, 7) is 3.39. The highest BCUT2D eigenvalue weighted by molar-refractivity contribution is 5.45. The maximum Gasteiger partial charge on any atom is 0.0637 e. The molecule has 84 valence electrons. The summed E-state index contributed by atoms with van der Waals surface area (Å²) in [5, 5.41) is 0. The molecule has 3 nitrogen and oxygen atoms in total.